The molecule has 5 N–H and O–H groups in total. The number of nitrogens with zero attached hydrogens (tertiary/aromatic N) is 11. The van der Waals surface area contributed by atoms with Gasteiger partial charge in [0.2, 0.25) is 0 Å². The second-order valence-electron chi connectivity index (χ2n) is 27.0. The molecule has 20 heteroatoms. The van der Waals surface area contributed by atoms with Gasteiger partial charge in [0.15, 0.2) is 16.9 Å². The number of likely N-dealkylation sites (tertiary alicyclic amines) is 1. The Morgan fingerprint density at radius 2 is 0.971 bits per heavy atom. The van der Waals surface area contributed by atoms with Crippen molar-refractivity contribution in [1.29, 1.82) is 0 Å². The first-order valence-corrected chi connectivity index (χ1v) is 34.8. The molecule has 6 aromatic carbocycles. The highest BCUT2D eigenvalue weighted by atomic mass is 16.2. The third-order valence-corrected chi connectivity index (χ3v) is 20.4. The highest BCUT2D eigenvalue weighted by molar-refractivity contribution is 6.00. The number of imidazole rings is 4. The van der Waals surface area contributed by atoms with Crippen LogP contribution in [0.2, 0.25) is 0 Å². The first-order valence-electron chi connectivity index (χ1n) is 34.8. The molecule has 7 aromatic heterocycles. The van der Waals surface area contributed by atoms with Crippen molar-refractivity contribution in [3.8, 4) is 39.5 Å². The fraction of sp³-hybridized carbons (Fsp3) is 0.220. The monoisotopic (exact) mass is 1350 g/mol. The largest absolute Gasteiger partial charge is 0.369 e. The topological polar surface area (TPSA) is 208 Å². The summed E-state index contributed by atoms with van der Waals surface area (Å²) in [6.45, 7) is 19.3. The second-order valence-corrected chi connectivity index (χ2v) is 27.0. The van der Waals surface area contributed by atoms with Crippen LogP contribution in [0.4, 0.5) is 39.8 Å². The Morgan fingerprint density at radius 1 is 0.500 bits per heavy atom. The van der Waals surface area contributed by atoms with Crippen molar-refractivity contribution < 1.29 is 19.2 Å². The summed E-state index contributed by atoms with van der Waals surface area (Å²) in [5, 5.41) is 16.2. The van der Waals surface area contributed by atoms with Crippen LogP contribution in [0.3, 0.4) is 0 Å². The Bertz CT molecular complexity index is 5280. The number of piperazine rings is 1. The maximum absolute atomic E-state index is 13.0. The third-order valence-electron chi connectivity index (χ3n) is 20.4. The molecule has 2 fully saturated rings. The van der Waals surface area contributed by atoms with Gasteiger partial charge in [-0.15, -0.1) is 0 Å². The van der Waals surface area contributed by atoms with E-state index in [9.17, 15) is 19.2 Å². The van der Waals surface area contributed by atoms with Crippen molar-refractivity contribution in [2.24, 2.45) is 11.8 Å². The summed E-state index contributed by atoms with van der Waals surface area (Å²) in [5.74, 6) is 0.357. The van der Waals surface area contributed by atoms with E-state index in [1.54, 1.807) is 31.8 Å². The number of rotatable bonds is 15. The maximum atomic E-state index is 13.0. The van der Waals surface area contributed by atoms with Crippen LogP contribution in [0.1, 0.15) is 87.4 Å². The summed E-state index contributed by atoms with van der Waals surface area (Å²) in [6.07, 6.45) is 17.7. The number of hydrogen-bond acceptors (Lipinski definition) is 13. The number of carbonyl (C=O) groups excluding carboxylic acids is 4. The molecule has 4 aliphatic rings. The normalized spacial score (nSPS) is 15.1. The number of Topliss-reactive ketones (excluding diaryl/α,β-unsaturated/α-hetero) is 1. The number of pyridine rings is 3. The van der Waals surface area contributed by atoms with E-state index in [2.05, 4.69) is 160 Å². The van der Waals surface area contributed by atoms with Gasteiger partial charge in [0.25, 0.3) is 17.7 Å². The average Bonchev–Trinajstić information content (AvgIpc) is 1.55. The van der Waals surface area contributed by atoms with Crippen molar-refractivity contribution in [3.63, 3.8) is 0 Å². The molecule has 2 saturated heterocycles. The Balaban J connectivity index is 0.000000124. The van der Waals surface area contributed by atoms with Crippen molar-refractivity contribution in [1.82, 2.24) is 58.1 Å². The lowest BCUT2D eigenvalue weighted by atomic mass is 9.90. The molecule has 11 heterocycles. The summed E-state index contributed by atoms with van der Waals surface area (Å²) in [4.78, 5) is 73.3. The van der Waals surface area contributed by atoms with Gasteiger partial charge in [0.1, 0.15) is 5.78 Å². The number of nitrogens with one attached hydrogen (secondary N) is 5. The van der Waals surface area contributed by atoms with E-state index in [-0.39, 0.29) is 35.3 Å². The van der Waals surface area contributed by atoms with E-state index < -0.39 is 0 Å². The molecule has 0 saturated carbocycles. The summed E-state index contributed by atoms with van der Waals surface area (Å²) < 4.78 is 8.21. The van der Waals surface area contributed by atoms with E-state index in [4.69, 9.17) is 0 Å². The average molecular weight is 1350 g/mol. The van der Waals surface area contributed by atoms with Crippen LogP contribution < -0.4 is 31.5 Å². The van der Waals surface area contributed by atoms with Gasteiger partial charge in [-0.1, -0.05) is 31.2 Å². The number of aromatic nitrogens is 8. The summed E-state index contributed by atoms with van der Waals surface area (Å²) in [7, 11) is 0. The molecule has 2 atom stereocenters. The predicted molar refractivity (Wildman–Crippen MR) is 403 cm³/mol. The SMILES string of the molecule is CC(=O)C(C)C1CCN(C(=O)c2ccc(Nc3ccc(-c4ccc5c(c4)CNC5=O)n4ccnc34)cc2)C1.Cc1ccc(-c2ccc(Nc3ccc(N4CCN(C(C)C)CC4)cc3)c3nccn23)cc1C.O=C1NCc2cc(-c3ccc(Nc4ccc(-n5ccnc5)cc4)c4nccn34)ccc21. The van der Waals surface area contributed by atoms with Gasteiger partial charge in [-0.05, 0) is 225 Å². The fourth-order valence-electron chi connectivity index (χ4n) is 14.2. The van der Waals surface area contributed by atoms with Crippen LogP contribution in [-0.4, -0.2) is 116 Å². The highest BCUT2D eigenvalue weighted by Gasteiger charge is 2.32. The Hall–Kier alpha value is -12.2. The lowest BCUT2D eigenvalue weighted by Crippen LogP contribution is -2.48. The van der Waals surface area contributed by atoms with E-state index in [1.165, 1.54) is 22.4 Å². The van der Waals surface area contributed by atoms with E-state index in [0.29, 0.717) is 37.8 Å². The van der Waals surface area contributed by atoms with Crippen LogP contribution in [0.5, 0.6) is 0 Å². The van der Waals surface area contributed by atoms with Crippen LogP contribution in [0, 0.1) is 25.7 Å². The van der Waals surface area contributed by atoms with Crippen LogP contribution in [0.15, 0.2) is 220 Å². The summed E-state index contributed by atoms with van der Waals surface area (Å²) in [6, 6.07) is 55.9. The van der Waals surface area contributed by atoms with Crippen molar-refractivity contribution in [3.05, 3.63) is 259 Å². The number of aryl methyl sites for hydroxylation is 2. The third kappa shape index (κ3) is 13.5. The molecule has 17 rings (SSSR count). The zero-order chi connectivity index (χ0) is 70.1. The highest BCUT2D eigenvalue weighted by Crippen LogP contribution is 2.35. The Kier molecular flexibility index (Phi) is 18.2. The van der Waals surface area contributed by atoms with Crippen LogP contribution in [-0.2, 0) is 17.9 Å². The summed E-state index contributed by atoms with van der Waals surface area (Å²) in [5.41, 5.74) is 23.7. The van der Waals surface area contributed by atoms with Gasteiger partial charge >= 0.3 is 0 Å². The number of benzene rings is 6. The molecule has 512 valence electrons. The molecule has 20 nitrogen and oxygen atoms in total. The molecule has 0 aliphatic carbocycles. The second kappa shape index (κ2) is 28.2. The lowest BCUT2D eigenvalue weighted by Gasteiger charge is -2.38. The minimum atomic E-state index is -0.0289. The minimum Gasteiger partial charge on any atom is -0.369 e. The molecule has 2 unspecified atom stereocenters. The van der Waals surface area contributed by atoms with Gasteiger partial charge in [-0.2, -0.15) is 0 Å². The number of anilines is 7. The molecule has 0 radical (unpaired) electrons. The molecule has 3 amide bonds. The molecule has 13 aromatic rings. The number of carbonyl (C=O) groups is 4. The standard InChI is InChI=1S/C30H29N5O3.C28H33N5.C24H18N6O/c1-18(19(2)36)22-11-13-34(17-22)30(38)20-3-6-24(7-4-20)33-26-9-10-27(35-14-12-31-28(26)35)21-5-8-25-23(15-21)16-32-29(25)37;1-20(2)31-15-17-32(18-16-31)25-9-7-24(8-10-25)30-26-11-12-27(33-14-13-29-28(26)33)23-6-5-21(3)22(4)19-23;31-24-20-6-1-16(13-17(20)14-27-24)22-8-7-21(23-26-10-12-30(22)23)28-18-2-4-19(5-3-18)29-11-9-25-15-29/h3-10,12,14-15,18,22,33H,11,13,16-17H2,1-2H3,(H,32,37);5-14,19-20,30H,15-18H2,1-4H3;1-13,15,28H,14H2,(H,27,31). The maximum Gasteiger partial charge on any atom is 0.253 e. The molecule has 4 aliphatic heterocycles. The number of amides is 3. The van der Waals surface area contributed by atoms with E-state index in [1.807, 2.05) is 149 Å². The lowest BCUT2D eigenvalue weighted by molar-refractivity contribution is -0.121. The van der Waals surface area contributed by atoms with Crippen LogP contribution in [0.25, 0.3) is 56.4 Å². The number of fused-ring (bicyclic) bond motifs is 5. The molecule has 102 heavy (non-hydrogen) atoms. The Morgan fingerprint density at radius 3 is 1.43 bits per heavy atom. The van der Waals surface area contributed by atoms with Gasteiger partial charge < -0.3 is 41.0 Å². The van der Waals surface area contributed by atoms with Gasteiger partial charge in [0.05, 0.1) is 40.5 Å². The molecule has 0 spiro atoms. The zero-order valence-electron chi connectivity index (χ0n) is 57.9. The molecular weight excluding hydrogens is 1270 g/mol. The van der Waals surface area contributed by atoms with E-state index >= 15 is 0 Å². The number of hydrogen-bond donors (Lipinski definition) is 5. The fourth-order valence-corrected chi connectivity index (χ4v) is 14.2. The molecule has 0 bridgehead atoms. The Labute approximate surface area is 591 Å². The van der Waals surface area contributed by atoms with E-state index in [0.717, 1.165) is 140 Å². The first kappa shape index (κ1) is 65.8. The smallest absolute Gasteiger partial charge is 0.253 e. The zero-order valence-corrected chi connectivity index (χ0v) is 57.9. The minimum absolute atomic E-state index is 0.000971. The summed E-state index contributed by atoms with van der Waals surface area (Å²) >= 11 is 0. The van der Waals surface area contributed by atoms with Crippen LogP contribution >= 0.6 is 0 Å². The van der Waals surface area contributed by atoms with Gasteiger partial charge in [-0.3, -0.25) is 37.3 Å². The molecular formula is C82H80N16O4. The number of ketones is 1. The van der Waals surface area contributed by atoms with Crippen molar-refractivity contribution >= 4 is 80.3 Å². The quantitative estimate of drug-likeness (QED) is 0.0648. The first-order chi connectivity index (χ1) is 49.6. The van der Waals surface area contributed by atoms with Gasteiger partial charge in [0, 0.05) is 159 Å². The van der Waals surface area contributed by atoms with Crippen molar-refractivity contribution in [2.45, 2.75) is 67.1 Å². The van der Waals surface area contributed by atoms with Gasteiger partial charge in [-0.25, -0.2) is 19.9 Å². The van der Waals surface area contributed by atoms with Crippen molar-refractivity contribution in [2.75, 3.05) is 60.1 Å². The predicted octanol–water partition coefficient (Wildman–Crippen LogP) is 14.7.